The second kappa shape index (κ2) is 8.46. The Morgan fingerprint density at radius 1 is 1.30 bits per heavy atom. The molecule has 1 heterocycles. The minimum atomic E-state index is -0.0479. The number of benzene rings is 1. The van der Waals surface area contributed by atoms with Gasteiger partial charge in [-0.25, -0.2) is 4.98 Å². The average Bonchev–Trinajstić information content (AvgIpc) is 2.63. The number of fused-ring (bicyclic) bond motifs is 1. The highest BCUT2D eigenvalue weighted by Gasteiger charge is 2.28. The summed E-state index contributed by atoms with van der Waals surface area (Å²) in [7, 11) is 0. The van der Waals surface area contributed by atoms with Gasteiger partial charge in [-0.05, 0) is 44.2 Å². The van der Waals surface area contributed by atoms with Gasteiger partial charge in [-0.2, -0.15) is 0 Å². The van der Waals surface area contributed by atoms with Gasteiger partial charge in [0.1, 0.15) is 0 Å². The molecule has 6 heteroatoms. The molecule has 0 unspecified atom stereocenters. The molecule has 1 amide bonds. The third-order valence-electron chi connectivity index (χ3n) is 5.68. The van der Waals surface area contributed by atoms with Crippen LogP contribution in [0.2, 0.25) is 0 Å². The van der Waals surface area contributed by atoms with Gasteiger partial charge in [-0.1, -0.05) is 50.6 Å². The molecule has 2 aromatic rings. The smallest absolute Gasteiger partial charge is 0.262 e. The van der Waals surface area contributed by atoms with Gasteiger partial charge in [0, 0.05) is 12.1 Å². The predicted molar refractivity (Wildman–Crippen MR) is 111 cm³/mol. The van der Waals surface area contributed by atoms with Gasteiger partial charge in [0.15, 0.2) is 5.16 Å². The molecule has 5 nitrogen and oxygen atoms in total. The van der Waals surface area contributed by atoms with E-state index >= 15 is 0 Å². The number of hydrogen-bond acceptors (Lipinski definition) is 4. The molecule has 1 aliphatic carbocycles. The number of amides is 1. The maximum absolute atomic E-state index is 12.8. The molecule has 1 aromatic heterocycles. The minimum absolute atomic E-state index is 0.0145. The van der Waals surface area contributed by atoms with E-state index in [1.807, 2.05) is 32.0 Å². The first kappa shape index (κ1) is 19.9. The van der Waals surface area contributed by atoms with Crippen molar-refractivity contribution in [3.05, 3.63) is 34.6 Å². The monoisotopic (exact) mass is 387 g/mol. The second-order valence-corrected chi connectivity index (χ2v) is 8.85. The summed E-state index contributed by atoms with van der Waals surface area (Å²) in [4.78, 5) is 30.0. The number of nitrogens with one attached hydrogen (secondary N) is 1. The Bertz CT molecular complexity index is 877. The topological polar surface area (TPSA) is 64.0 Å². The molecule has 1 fully saturated rings. The highest BCUT2D eigenvalue weighted by Crippen LogP contribution is 2.29. The quantitative estimate of drug-likeness (QED) is 0.622. The fourth-order valence-electron chi connectivity index (χ4n) is 3.85. The number of para-hydroxylation sites is 1. The Morgan fingerprint density at radius 2 is 2.04 bits per heavy atom. The minimum Gasteiger partial charge on any atom is -0.352 e. The molecule has 0 saturated heterocycles. The van der Waals surface area contributed by atoms with E-state index in [0.717, 1.165) is 6.42 Å². The molecule has 27 heavy (non-hydrogen) atoms. The molecule has 3 atom stereocenters. The Kier molecular flexibility index (Phi) is 6.25. The standard InChI is InChI=1S/C21H29N3O2S/c1-13(2)24-20(26)16-9-5-6-10-18(16)23-21(24)27-12-19(25)22-17-11-7-8-14(3)15(17)4/h5-6,9-10,13-15,17H,7-8,11-12H2,1-4H3,(H,22,25)/t14-,15-,17+/m1/s1. The highest BCUT2D eigenvalue weighted by molar-refractivity contribution is 7.99. The zero-order valence-electron chi connectivity index (χ0n) is 16.6. The number of nitrogens with zero attached hydrogens (tertiary/aromatic N) is 2. The van der Waals surface area contributed by atoms with E-state index in [0.29, 0.717) is 27.9 Å². The van der Waals surface area contributed by atoms with E-state index in [1.165, 1.54) is 24.6 Å². The molecule has 3 rings (SSSR count). The van der Waals surface area contributed by atoms with Gasteiger partial charge in [0.2, 0.25) is 5.91 Å². The summed E-state index contributed by atoms with van der Waals surface area (Å²) in [6, 6.07) is 7.61. The Hall–Kier alpha value is -1.82. The highest BCUT2D eigenvalue weighted by atomic mass is 32.2. The van der Waals surface area contributed by atoms with E-state index in [-0.39, 0.29) is 29.3 Å². The number of rotatable bonds is 5. The van der Waals surface area contributed by atoms with Crippen molar-refractivity contribution in [3.8, 4) is 0 Å². The normalized spacial score (nSPS) is 22.9. The van der Waals surface area contributed by atoms with Gasteiger partial charge in [-0.15, -0.1) is 0 Å². The molecule has 0 bridgehead atoms. The SMILES string of the molecule is CC(C)n1c(SCC(=O)N[C@H]2CCC[C@@H](C)[C@H]2C)nc2ccccc2c1=O. The summed E-state index contributed by atoms with van der Waals surface area (Å²) in [6.45, 7) is 8.42. The van der Waals surface area contributed by atoms with Crippen LogP contribution in [0, 0.1) is 11.8 Å². The average molecular weight is 388 g/mol. The van der Waals surface area contributed by atoms with Crippen LogP contribution in [0.5, 0.6) is 0 Å². The Labute approximate surface area is 164 Å². The van der Waals surface area contributed by atoms with Crippen molar-refractivity contribution in [1.29, 1.82) is 0 Å². The van der Waals surface area contributed by atoms with Crippen molar-refractivity contribution in [3.63, 3.8) is 0 Å². The summed E-state index contributed by atoms with van der Waals surface area (Å²) in [5.41, 5.74) is 0.630. The van der Waals surface area contributed by atoms with Crippen LogP contribution in [0.1, 0.15) is 53.0 Å². The van der Waals surface area contributed by atoms with Crippen LogP contribution in [0.15, 0.2) is 34.2 Å². The van der Waals surface area contributed by atoms with Gasteiger partial charge in [0.25, 0.3) is 5.56 Å². The fourth-order valence-corrected chi connectivity index (χ4v) is 4.79. The second-order valence-electron chi connectivity index (χ2n) is 7.91. The van der Waals surface area contributed by atoms with Crippen LogP contribution >= 0.6 is 11.8 Å². The van der Waals surface area contributed by atoms with Crippen LogP contribution in [0.4, 0.5) is 0 Å². The van der Waals surface area contributed by atoms with Crippen LogP contribution in [-0.4, -0.2) is 27.3 Å². The molecular formula is C21H29N3O2S. The lowest BCUT2D eigenvalue weighted by molar-refractivity contribution is -0.120. The third-order valence-corrected chi connectivity index (χ3v) is 6.63. The lowest BCUT2D eigenvalue weighted by Gasteiger charge is -2.34. The molecule has 1 aromatic carbocycles. The summed E-state index contributed by atoms with van der Waals surface area (Å²) >= 11 is 1.34. The Morgan fingerprint density at radius 3 is 2.78 bits per heavy atom. The third kappa shape index (κ3) is 4.37. The van der Waals surface area contributed by atoms with Crippen molar-refractivity contribution in [1.82, 2.24) is 14.9 Å². The first-order valence-electron chi connectivity index (χ1n) is 9.82. The summed E-state index contributed by atoms with van der Waals surface area (Å²) in [6.07, 6.45) is 3.46. The van der Waals surface area contributed by atoms with Gasteiger partial charge >= 0.3 is 0 Å². The first-order valence-corrected chi connectivity index (χ1v) is 10.8. The van der Waals surface area contributed by atoms with E-state index < -0.39 is 0 Å². The number of aromatic nitrogens is 2. The summed E-state index contributed by atoms with van der Waals surface area (Å²) in [5, 5.41) is 4.42. The predicted octanol–water partition coefficient (Wildman–Crippen LogP) is 4.01. The van der Waals surface area contributed by atoms with E-state index in [9.17, 15) is 9.59 Å². The summed E-state index contributed by atoms with van der Waals surface area (Å²) in [5.74, 6) is 1.43. The van der Waals surface area contributed by atoms with E-state index in [2.05, 4.69) is 24.1 Å². The number of carbonyl (C=O) groups excluding carboxylic acids is 1. The number of thioether (sulfide) groups is 1. The lowest BCUT2D eigenvalue weighted by atomic mass is 9.78. The van der Waals surface area contributed by atoms with Gasteiger partial charge < -0.3 is 5.32 Å². The summed E-state index contributed by atoms with van der Waals surface area (Å²) < 4.78 is 1.69. The fraction of sp³-hybridized carbons (Fsp3) is 0.571. The van der Waals surface area contributed by atoms with E-state index in [1.54, 1.807) is 10.6 Å². The van der Waals surface area contributed by atoms with Crippen molar-refractivity contribution in [2.24, 2.45) is 11.8 Å². The van der Waals surface area contributed by atoms with Crippen LogP contribution in [0.3, 0.4) is 0 Å². The Balaban J connectivity index is 1.75. The van der Waals surface area contributed by atoms with Gasteiger partial charge in [0.05, 0.1) is 16.7 Å². The first-order chi connectivity index (χ1) is 12.9. The number of carbonyl (C=O) groups is 1. The van der Waals surface area contributed by atoms with Gasteiger partial charge in [-0.3, -0.25) is 14.2 Å². The zero-order chi connectivity index (χ0) is 19.6. The maximum Gasteiger partial charge on any atom is 0.262 e. The van der Waals surface area contributed by atoms with E-state index in [4.69, 9.17) is 0 Å². The maximum atomic E-state index is 12.8. The van der Waals surface area contributed by atoms with Crippen LogP contribution in [-0.2, 0) is 4.79 Å². The lowest BCUT2D eigenvalue weighted by Crippen LogP contribution is -2.44. The molecule has 0 radical (unpaired) electrons. The largest absolute Gasteiger partial charge is 0.352 e. The van der Waals surface area contributed by atoms with Crippen molar-refractivity contribution >= 4 is 28.6 Å². The van der Waals surface area contributed by atoms with Crippen LogP contribution < -0.4 is 10.9 Å². The molecule has 1 saturated carbocycles. The molecule has 0 aliphatic heterocycles. The molecule has 0 spiro atoms. The molecule has 1 N–H and O–H groups in total. The van der Waals surface area contributed by atoms with Crippen molar-refractivity contribution in [2.45, 2.75) is 64.2 Å². The van der Waals surface area contributed by atoms with Crippen molar-refractivity contribution < 1.29 is 4.79 Å². The molecular weight excluding hydrogens is 358 g/mol. The van der Waals surface area contributed by atoms with Crippen molar-refractivity contribution in [2.75, 3.05) is 5.75 Å². The number of hydrogen-bond donors (Lipinski definition) is 1. The molecule has 1 aliphatic rings. The molecule has 146 valence electrons. The van der Waals surface area contributed by atoms with Crippen LogP contribution in [0.25, 0.3) is 10.9 Å². The zero-order valence-corrected chi connectivity index (χ0v) is 17.4.